The zero-order chi connectivity index (χ0) is 48.4. The number of hydrogen-bond acceptors (Lipinski definition) is 14. The second kappa shape index (κ2) is 35.9. The number of allylic oxidation sites excluding steroid dienone is 6. The number of aliphatic hydroxyl groups excluding tert-OH is 2. The summed E-state index contributed by atoms with van der Waals surface area (Å²) >= 11 is 0. The Kier molecular flexibility index (Phi) is 34.1. The average molecular weight is 927 g/mol. The van der Waals surface area contributed by atoms with E-state index in [1.165, 1.54) is 13.8 Å². The lowest BCUT2D eigenvalue weighted by Gasteiger charge is -2.26. The number of quaternary nitrogens is 1. The first-order valence-electron chi connectivity index (χ1n) is 23.0. The summed E-state index contributed by atoms with van der Waals surface area (Å²) in [7, 11) is 1.11. The smallest absolute Gasteiger partial charge is 0.377 e. The second-order valence-corrected chi connectivity index (χ2v) is 18.8. The van der Waals surface area contributed by atoms with Crippen LogP contribution in [0.15, 0.2) is 48.6 Å². The first-order chi connectivity index (χ1) is 30.3. The Morgan fingerprint density at radius 3 is 1.55 bits per heavy atom. The molecule has 0 rings (SSSR count). The molecule has 0 aliphatic heterocycles. The van der Waals surface area contributed by atoms with Gasteiger partial charge >= 0.3 is 20.1 Å². The lowest BCUT2D eigenvalue weighted by Crippen LogP contribution is -2.38. The molecule has 0 aliphatic rings. The SMILES string of the molecule is CCCCCC(O)/C=C/C(C(C)=O)C(C=O)C/C=C\CCCC(=O)OC[C@H](CO[P+]([O-])(O)OCC[N+](C)(C)C)OC(=O)CCC/C=C\CC(C=O)C(/C=C/C(O)CCCCC)C(C)=O. The number of carbonyl (C=O) groups is 6. The summed E-state index contributed by atoms with van der Waals surface area (Å²) in [4.78, 5) is 96.6. The van der Waals surface area contributed by atoms with Crippen molar-refractivity contribution in [2.45, 2.75) is 149 Å². The Hall–Kier alpha value is -3.27. The molecule has 366 valence electrons. The third kappa shape index (κ3) is 32.4. The van der Waals surface area contributed by atoms with E-state index in [9.17, 15) is 48.8 Å². The summed E-state index contributed by atoms with van der Waals surface area (Å²) in [6.45, 7) is 6.28. The number of ketones is 2. The number of rotatable bonds is 40. The van der Waals surface area contributed by atoms with E-state index >= 15 is 0 Å². The molecule has 0 spiro atoms. The maximum Gasteiger partial charge on any atom is 0.377 e. The van der Waals surface area contributed by atoms with Crippen molar-refractivity contribution in [2.75, 3.05) is 47.5 Å². The normalized spacial score (nSPS) is 16.6. The predicted octanol–water partition coefficient (Wildman–Crippen LogP) is 6.48. The van der Waals surface area contributed by atoms with E-state index in [1.54, 1.807) is 48.6 Å². The predicted molar refractivity (Wildman–Crippen MR) is 246 cm³/mol. The number of aliphatic hydroxyl groups is 2. The van der Waals surface area contributed by atoms with Crippen LogP contribution in [0.5, 0.6) is 0 Å². The summed E-state index contributed by atoms with van der Waals surface area (Å²) in [5.41, 5.74) is 0. The molecule has 0 amide bonds. The minimum Gasteiger partial charge on any atom is -0.606 e. The van der Waals surface area contributed by atoms with Gasteiger partial charge in [0.25, 0.3) is 0 Å². The van der Waals surface area contributed by atoms with Crippen molar-refractivity contribution in [1.82, 2.24) is 0 Å². The van der Waals surface area contributed by atoms with Gasteiger partial charge in [-0.15, -0.1) is 0 Å². The standard InChI is InChI=1S/C48H80NO14P/c1-8-10-16-24-42(54)28-30-45(38(3)52)40(34-50)22-18-12-14-20-26-47(56)60-36-44(37-62-64(58,59)61-33-32-49(5,6)7)63-48(57)27-21-15-13-19-23-41(35-51)46(39(4)53)31-29-43(55)25-17-11-9-2/h12-13,18-19,28-31,34-35,40-46,54-55H,8-11,14-17,20-27,32-33,36-37H2,1-7H3/p+1/b18-12-,19-13-,30-28+,31-29+/t40?,41?,42?,43?,44-,45?,46?/m1/s1. The summed E-state index contributed by atoms with van der Waals surface area (Å²) in [6.07, 6.45) is 21.6. The van der Waals surface area contributed by atoms with Crippen molar-refractivity contribution in [2.24, 2.45) is 23.7 Å². The van der Waals surface area contributed by atoms with Gasteiger partial charge in [-0.2, -0.15) is 13.9 Å². The fraction of sp³-hybridized carbons (Fsp3) is 0.708. The number of aldehydes is 2. The van der Waals surface area contributed by atoms with Crippen molar-refractivity contribution < 1.29 is 71.8 Å². The highest BCUT2D eigenvalue weighted by Crippen LogP contribution is 2.47. The summed E-state index contributed by atoms with van der Waals surface area (Å²) in [6, 6.07) is 0. The molecule has 15 nitrogen and oxygen atoms in total. The molecular formula is C48H81NO14P+. The molecule has 0 bridgehead atoms. The molecule has 8 atom stereocenters. The molecule has 0 saturated heterocycles. The summed E-state index contributed by atoms with van der Waals surface area (Å²) < 4.78 is 21.5. The van der Waals surface area contributed by atoms with Gasteiger partial charge in [0, 0.05) is 36.5 Å². The molecule has 0 aromatic rings. The van der Waals surface area contributed by atoms with Crippen LogP contribution >= 0.6 is 8.17 Å². The Labute approximate surface area is 383 Å². The van der Waals surface area contributed by atoms with E-state index in [0.29, 0.717) is 62.4 Å². The number of hydrogen-bond donors (Lipinski definition) is 3. The first-order valence-corrected chi connectivity index (χ1v) is 24.5. The van der Waals surface area contributed by atoms with Gasteiger partial charge in [0.05, 0.1) is 33.4 Å². The van der Waals surface area contributed by atoms with E-state index < -0.39 is 75.3 Å². The largest absolute Gasteiger partial charge is 0.606 e. The molecule has 0 saturated carbocycles. The van der Waals surface area contributed by atoms with Crippen LogP contribution in [0.3, 0.4) is 0 Å². The van der Waals surface area contributed by atoms with Crippen molar-refractivity contribution in [3.63, 3.8) is 0 Å². The molecule has 16 heteroatoms. The van der Waals surface area contributed by atoms with Gasteiger partial charge in [0.1, 0.15) is 50.5 Å². The molecule has 64 heavy (non-hydrogen) atoms. The molecule has 3 N–H and O–H groups in total. The van der Waals surface area contributed by atoms with E-state index in [0.717, 1.165) is 51.1 Å². The zero-order valence-corrected chi connectivity index (χ0v) is 40.6. The van der Waals surface area contributed by atoms with Crippen LogP contribution in [0.25, 0.3) is 0 Å². The maximum atomic E-state index is 12.8. The molecule has 0 radical (unpaired) electrons. The van der Waals surface area contributed by atoms with Crippen LogP contribution in [-0.2, 0) is 47.3 Å². The van der Waals surface area contributed by atoms with Crippen molar-refractivity contribution in [3.05, 3.63) is 48.6 Å². The highest BCUT2D eigenvalue weighted by atomic mass is 31.2. The van der Waals surface area contributed by atoms with Crippen LogP contribution in [0.4, 0.5) is 0 Å². The number of phosphoric ester groups is 1. The molecule has 0 heterocycles. The molecule has 0 aliphatic carbocycles. The third-order valence-corrected chi connectivity index (χ3v) is 11.3. The quantitative estimate of drug-likeness (QED) is 0.0150. The Balaban J connectivity index is 5.25. The molecule has 0 fully saturated rings. The fourth-order valence-corrected chi connectivity index (χ4v) is 7.10. The van der Waals surface area contributed by atoms with Crippen LogP contribution < -0.4 is 4.89 Å². The number of carbonyl (C=O) groups excluding carboxylic acids is 6. The Bertz CT molecular complexity index is 1460. The number of unbranched alkanes of at least 4 members (excludes halogenated alkanes) is 6. The van der Waals surface area contributed by atoms with Gasteiger partial charge in [-0.25, -0.2) is 0 Å². The van der Waals surface area contributed by atoms with E-state index in [2.05, 4.69) is 13.8 Å². The van der Waals surface area contributed by atoms with Crippen molar-refractivity contribution in [1.29, 1.82) is 0 Å². The summed E-state index contributed by atoms with van der Waals surface area (Å²) in [5, 5.41) is 20.4. The first kappa shape index (κ1) is 60.7. The topological polar surface area (TPSA) is 223 Å². The Morgan fingerprint density at radius 1 is 0.656 bits per heavy atom. The fourth-order valence-electron chi connectivity index (χ4n) is 6.36. The monoisotopic (exact) mass is 927 g/mol. The number of likely N-dealkylation sites (N-methyl/N-ethyl adjacent to an activating group) is 1. The maximum absolute atomic E-state index is 12.8. The lowest BCUT2D eigenvalue weighted by atomic mass is 9.86. The van der Waals surface area contributed by atoms with E-state index in [4.69, 9.17) is 18.5 Å². The van der Waals surface area contributed by atoms with Crippen molar-refractivity contribution >= 4 is 44.2 Å². The molecule has 0 aromatic heterocycles. The molecule has 7 unspecified atom stereocenters. The second-order valence-electron chi connectivity index (χ2n) is 17.4. The van der Waals surface area contributed by atoms with Crippen LogP contribution in [0.1, 0.15) is 130 Å². The van der Waals surface area contributed by atoms with Crippen LogP contribution in [0, 0.1) is 23.7 Å². The van der Waals surface area contributed by atoms with Gasteiger partial charge in [-0.05, 0) is 65.2 Å². The number of esters is 2. The highest BCUT2D eigenvalue weighted by molar-refractivity contribution is 7.52. The highest BCUT2D eigenvalue weighted by Gasteiger charge is 2.32. The van der Waals surface area contributed by atoms with Crippen molar-refractivity contribution in [3.8, 4) is 0 Å². The number of ether oxygens (including phenoxy) is 2. The molecular weight excluding hydrogens is 845 g/mol. The lowest BCUT2D eigenvalue weighted by molar-refractivity contribution is -0.870. The van der Waals surface area contributed by atoms with Gasteiger partial charge in [0.15, 0.2) is 6.10 Å². The van der Waals surface area contributed by atoms with Crippen LogP contribution in [0.2, 0.25) is 0 Å². The van der Waals surface area contributed by atoms with E-state index in [1.807, 2.05) is 21.1 Å². The minimum absolute atomic E-state index is 0.00606. The minimum atomic E-state index is -4.54. The number of nitrogens with zero attached hydrogens (tertiary/aromatic N) is 1. The van der Waals surface area contributed by atoms with Gasteiger partial charge in [-0.1, -0.05) is 101 Å². The Morgan fingerprint density at radius 2 is 1.12 bits per heavy atom. The van der Waals surface area contributed by atoms with E-state index in [-0.39, 0.29) is 31.0 Å². The van der Waals surface area contributed by atoms with Crippen LogP contribution in [-0.4, -0.2) is 121 Å². The number of Topliss-reactive ketones (excluding diaryl/α,β-unsaturated/α-hetero) is 2. The zero-order valence-electron chi connectivity index (χ0n) is 39.7. The van der Waals surface area contributed by atoms with Gasteiger partial charge < -0.3 is 38.7 Å². The summed E-state index contributed by atoms with van der Waals surface area (Å²) in [5.74, 6) is -4.17. The van der Waals surface area contributed by atoms with Gasteiger partial charge in [0.2, 0.25) is 0 Å². The average Bonchev–Trinajstić information content (AvgIpc) is 3.22. The third-order valence-electron chi connectivity index (χ3n) is 10.3. The number of phosphoric acid groups is 1. The van der Waals surface area contributed by atoms with Gasteiger partial charge in [-0.3, -0.25) is 19.2 Å². The molecule has 0 aromatic carbocycles.